The van der Waals surface area contributed by atoms with Gasteiger partial charge in [-0.25, -0.2) is 4.98 Å². The Morgan fingerprint density at radius 2 is 1.11 bits per heavy atom. The molecule has 28 heavy (non-hydrogen) atoms. The fraction of sp³-hybridized carbons (Fsp3) is 0.125. The Bertz CT molecular complexity index is 996. The van der Waals surface area contributed by atoms with Gasteiger partial charge in [0.2, 0.25) is 0 Å². The number of benzene rings is 3. The number of nitrogens with zero attached hydrogens (tertiary/aromatic N) is 3. The minimum Gasteiger partial charge on any atom is -0.458 e. The van der Waals surface area contributed by atoms with Crippen molar-refractivity contribution in [2.45, 2.75) is 20.5 Å². The van der Waals surface area contributed by atoms with Crippen molar-refractivity contribution in [3.63, 3.8) is 0 Å². The second-order valence-corrected chi connectivity index (χ2v) is 6.77. The predicted octanol–water partition coefficient (Wildman–Crippen LogP) is 5.40. The smallest absolute Gasteiger partial charge is 0.320 e. The van der Waals surface area contributed by atoms with E-state index < -0.39 is 0 Å². The molecular formula is C24H21N3O. The number of aryl methyl sites for hydroxylation is 2. The van der Waals surface area contributed by atoms with Gasteiger partial charge in [-0.1, -0.05) is 90.0 Å². The highest BCUT2D eigenvalue weighted by Gasteiger charge is 2.11. The fourth-order valence-corrected chi connectivity index (χ4v) is 2.81. The molecule has 1 aromatic heterocycles. The molecule has 0 aliphatic rings. The molecule has 0 radical (unpaired) electrons. The Hall–Kier alpha value is -3.53. The first kappa shape index (κ1) is 17.9. The predicted molar refractivity (Wildman–Crippen MR) is 111 cm³/mol. The minimum atomic E-state index is 0.324. The fourth-order valence-electron chi connectivity index (χ4n) is 2.81. The van der Waals surface area contributed by atoms with Crippen LogP contribution in [0.4, 0.5) is 0 Å². The van der Waals surface area contributed by atoms with Crippen molar-refractivity contribution in [3.8, 4) is 28.8 Å². The summed E-state index contributed by atoms with van der Waals surface area (Å²) in [5.74, 6) is 1.21. The van der Waals surface area contributed by atoms with Gasteiger partial charge in [0, 0.05) is 11.1 Å². The lowest BCUT2D eigenvalue weighted by atomic mass is 10.1. The van der Waals surface area contributed by atoms with Gasteiger partial charge in [-0.2, -0.15) is 9.97 Å². The summed E-state index contributed by atoms with van der Waals surface area (Å²) in [5.41, 5.74) is 5.32. The maximum atomic E-state index is 5.90. The highest BCUT2D eigenvalue weighted by molar-refractivity contribution is 5.61. The van der Waals surface area contributed by atoms with E-state index in [2.05, 4.69) is 53.1 Å². The van der Waals surface area contributed by atoms with Gasteiger partial charge in [0.25, 0.3) is 0 Å². The summed E-state index contributed by atoms with van der Waals surface area (Å²) in [6.45, 7) is 4.53. The monoisotopic (exact) mass is 367 g/mol. The molecule has 0 saturated heterocycles. The number of hydrogen-bond donors (Lipinski definition) is 0. The Morgan fingerprint density at radius 1 is 0.607 bits per heavy atom. The first-order valence-electron chi connectivity index (χ1n) is 9.24. The Kier molecular flexibility index (Phi) is 5.11. The summed E-state index contributed by atoms with van der Waals surface area (Å²) >= 11 is 0. The second kappa shape index (κ2) is 8.01. The van der Waals surface area contributed by atoms with Crippen LogP contribution in [0.2, 0.25) is 0 Å². The van der Waals surface area contributed by atoms with Crippen molar-refractivity contribution in [1.29, 1.82) is 0 Å². The Balaban J connectivity index is 1.71. The molecule has 0 atom stereocenters. The average molecular weight is 367 g/mol. The SMILES string of the molecule is Cc1ccc(-c2nc(OCc3ccccc3)nc(-c3ccc(C)cc3)n2)cc1. The van der Waals surface area contributed by atoms with E-state index in [4.69, 9.17) is 4.74 Å². The van der Waals surface area contributed by atoms with Crippen molar-refractivity contribution >= 4 is 0 Å². The number of rotatable bonds is 5. The molecule has 4 aromatic rings. The van der Waals surface area contributed by atoms with Crippen LogP contribution in [0.1, 0.15) is 16.7 Å². The summed E-state index contributed by atoms with van der Waals surface area (Å²) in [6.07, 6.45) is 0. The van der Waals surface area contributed by atoms with Crippen molar-refractivity contribution in [2.24, 2.45) is 0 Å². The zero-order chi connectivity index (χ0) is 19.3. The molecule has 0 bridgehead atoms. The van der Waals surface area contributed by atoms with E-state index >= 15 is 0 Å². The normalized spacial score (nSPS) is 10.6. The van der Waals surface area contributed by atoms with Gasteiger partial charge in [0.05, 0.1) is 0 Å². The van der Waals surface area contributed by atoms with E-state index in [9.17, 15) is 0 Å². The van der Waals surface area contributed by atoms with Gasteiger partial charge in [0.1, 0.15) is 6.61 Å². The van der Waals surface area contributed by atoms with E-state index in [0.29, 0.717) is 24.3 Å². The molecule has 4 rings (SSSR count). The second-order valence-electron chi connectivity index (χ2n) is 6.77. The van der Waals surface area contributed by atoms with Crippen molar-refractivity contribution in [3.05, 3.63) is 95.6 Å². The molecule has 4 nitrogen and oxygen atoms in total. The van der Waals surface area contributed by atoms with Gasteiger partial charge in [-0.3, -0.25) is 0 Å². The van der Waals surface area contributed by atoms with Gasteiger partial charge < -0.3 is 4.74 Å². The van der Waals surface area contributed by atoms with Crippen molar-refractivity contribution < 1.29 is 4.74 Å². The third-order valence-corrected chi connectivity index (χ3v) is 4.45. The minimum absolute atomic E-state index is 0.324. The Morgan fingerprint density at radius 3 is 1.61 bits per heavy atom. The first-order valence-corrected chi connectivity index (χ1v) is 9.24. The van der Waals surface area contributed by atoms with E-state index in [1.54, 1.807) is 0 Å². The molecule has 1 heterocycles. The molecule has 0 fully saturated rings. The number of aromatic nitrogens is 3. The van der Waals surface area contributed by atoms with Crippen LogP contribution >= 0.6 is 0 Å². The lowest BCUT2D eigenvalue weighted by Crippen LogP contribution is -2.04. The van der Waals surface area contributed by atoms with Gasteiger partial charge >= 0.3 is 6.01 Å². The van der Waals surface area contributed by atoms with Gasteiger partial charge in [-0.05, 0) is 19.4 Å². The zero-order valence-electron chi connectivity index (χ0n) is 16.0. The number of ether oxygens (including phenoxy) is 1. The lowest BCUT2D eigenvalue weighted by molar-refractivity contribution is 0.280. The van der Waals surface area contributed by atoms with E-state index in [-0.39, 0.29) is 0 Å². The molecule has 0 saturated carbocycles. The molecule has 3 aromatic carbocycles. The Labute approximate surface area is 164 Å². The van der Waals surface area contributed by atoms with Crippen LogP contribution in [0.3, 0.4) is 0 Å². The van der Waals surface area contributed by atoms with Crippen molar-refractivity contribution in [1.82, 2.24) is 15.0 Å². The molecule has 0 amide bonds. The van der Waals surface area contributed by atoms with Gasteiger partial charge in [0.15, 0.2) is 11.6 Å². The quantitative estimate of drug-likeness (QED) is 0.474. The summed E-state index contributed by atoms with van der Waals surface area (Å²) in [4.78, 5) is 13.8. The maximum absolute atomic E-state index is 5.90. The molecular weight excluding hydrogens is 346 g/mol. The molecule has 0 spiro atoms. The average Bonchev–Trinajstić information content (AvgIpc) is 2.74. The van der Waals surface area contributed by atoms with Crippen LogP contribution in [0.25, 0.3) is 22.8 Å². The standard InChI is InChI=1S/C24H21N3O/c1-17-8-12-20(13-9-17)22-25-23(21-14-10-18(2)11-15-21)27-24(26-22)28-16-19-6-4-3-5-7-19/h3-15H,16H2,1-2H3. The van der Waals surface area contributed by atoms with Gasteiger partial charge in [-0.15, -0.1) is 0 Å². The topological polar surface area (TPSA) is 47.9 Å². The third kappa shape index (κ3) is 4.23. The van der Waals surface area contributed by atoms with E-state index in [1.807, 2.05) is 54.6 Å². The summed E-state index contributed by atoms with van der Waals surface area (Å²) in [6, 6.07) is 26.6. The third-order valence-electron chi connectivity index (χ3n) is 4.45. The largest absolute Gasteiger partial charge is 0.458 e. The first-order chi connectivity index (χ1) is 13.7. The van der Waals surface area contributed by atoms with Crippen LogP contribution in [-0.2, 0) is 6.61 Å². The van der Waals surface area contributed by atoms with E-state index in [0.717, 1.165) is 16.7 Å². The maximum Gasteiger partial charge on any atom is 0.320 e. The van der Waals surface area contributed by atoms with Crippen LogP contribution in [0.5, 0.6) is 6.01 Å². The van der Waals surface area contributed by atoms with Crippen LogP contribution in [0, 0.1) is 13.8 Å². The molecule has 0 unspecified atom stereocenters. The van der Waals surface area contributed by atoms with Crippen molar-refractivity contribution in [2.75, 3.05) is 0 Å². The number of hydrogen-bond acceptors (Lipinski definition) is 4. The summed E-state index contributed by atoms with van der Waals surface area (Å²) in [5, 5.41) is 0. The summed E-state index contributed by atoms with van der Waals surface area (Å²) < 4.78 is 5.90. The molecule has 0 N–H and O–H groups in total. The molecule has 0 aliphatic heterocycles. The highest BCUT2D eigenvalue weighted by atomic mass is 16.5. The molecule has 0 aliphatic carbocycles. The molecule has 4 heteroatoms. The lowest BCUT2D eigenvalue weighted by Gasteiger charge is -2.09. The van der Waals surface area contributed by atoms with Crippen LogP contribution in [0.15, 0.2) is 78.9 Å². The molecule has 138 valence electrons. The van der Waals surface area contributed by atoms with E-state index in [1.165, 1.54) is 11.1 Å². The zero-order valence-corrected chi connectivity index (χ0v) is 16.0. The highest BCUT2D eigenvalue weighted by Crippen LogP contribution is 2.23. The summed E-state index contributed by atoms with van der Waals surface area (Å²) in [7, 11) is 0. The van der Waals surface area contributed by atoms with Crippen LogP contribution in [-0.4, -0.2) is 15.0 Å². The van der Waals surface area contributed by atoms with Crippen LogP contribution < -0.4 is 4.74 Å².